The summed E-state index contributed by atoms with van der Waals surface area (Å²) in [7, 11) is 0. The van der Waals surface area contributed by atoms with Gasteiger partial charge in [-0.05, 0) is 77.4 Å². The molecule has 0 spiro atoms. The van der Waals surface area contributed by atoms with Crippen LogP contribution in [0.5, 0.6) is 0 Å². The molecule has 2 N–H and O–H groups in total. The topological polar surface area (TPSA) is 56.0 Å². The summed E-state index contributed by atoms with van der Waals surface area (Å²) in [6.07, 6.45) is 2.62. The Labute approximate surface area is 147 Å². The van der Waals surface area contributed by atoms with E-state index in [2.05, 4.69) is 43.1 Å². The maximum absolute atomic E-state index is 12.0. The van der Waals surface area contributed by atoms with Crippen LogP contribution in [-0.4, -0.2) is 10.9 Å². The molecular weight excluding hydrogens is 308 g/mol. The molecule has 3 heteroatoms. The molecule has 0 radical (unpaired) electrons. The second-order valence-corrected chi connectivity index (χ2v) is 6.79. The van der Waals surface area contributed by atoms with Gasteiger partial charge in [-0.2, -0.15) is 0 Å². The van der Waals surface area contributed by atoms with Gasteiger partial charge in [0.05, 0.1) is 0 Å². The zero-order valence-electron chi connectivity index (χ0n) is 14.7. The number of carbonyl (C=O) groups is 1. The Bertz CT molecular complexity index is 1030. The molecule has 1 aromatic heterocycles. The van der Waals surface area contributed by atoms with Gasteiger partial charge in [-0.3, -0.25) is 9.78 Å². The van der Waals surface area contributed by atoms with Gasteiger partial charge in [-0.1, -0.05) is 24.3 Å². The minimum absolute atomic E-state index is 0.374. The van der Waals surface area contributed by atoms with Crippen LogP contribution in [0, 0.1) is 20.8 Å². The van der Waals surface area contributed by atoms with Crippen LogP contribution < -0.4 is 5.73 Å². The van der Waals surface area contributed by atoms with Crippen molar-refractivity contribution in [2.24, 2.45) is 5.73 Å². The highest BCUT2D eigenvalue weighted by Crippen LogP contribution is 2.45. The molecule has 4 rings (SSSR count). The minimum atomic E-state index is -0.374. The van der Waals surface area contributed by atoms with Gasteiger partial charge in [0.25, 0.3) is 0 Å². The number of hydrogen-bond acceptors (Lipinski definition) is 2. The van der Waals surface area contributed by atoms with Crippen molar-refractivity contribution in [3.8, 4) is 22.3 Å². The fourth-order valence-corrected chi connectivity index (χ4v) is 3.79. The third kappa shape index (κ3) is 2.35. The molecule has 1 aliphatic rings. The fraction of sp³-hybridized carbons (Fsp3) is 0.182. The molecule has 3 aromatic rings. The van der Waals surface area contributed by atoms with Crippen molar-refractivity contribution in [3.63, 3.8) is 0 Å². The van der Waals surface area contributed by atoms with E-state index in [-0.39, 0.29) is 5.91 Å². The Morgan fingerprint density at radius 1 is 1.04 bits per heavy atom. The van der Waals surface area contributed by atoms with E-state index in [0.717, 1.165) is 27.9 Å². The number of amides is 1. The van der Waals surface area contributed by atoms with Gasteiger partial charge in [0.15, 0.2) is 0 Å². The lowest BCUT2D eigenvalue weighted by atomic mass is 9.88. The monoisotopic (exact) mass is 328 g/mol. The van der Waals surface area contributed by atoms with Crippen LogP contribution in [0.2, 0.25) is 0 Å². The highest BCUT2D eigenvalue weighted by Gasteiger charge is 2.27. The standard InChI is InChI=1S/C22H20N2O/c1-12-5-4-6-16(14(12)3)17-7-8-18(22(23)25)20-10-15-11-24-13(2)9-19(15)21(17)20/h4-9,11H,10H2,1-3H3,(H2,23,25). The molecule has 0 unspecified atom stereocenters. The number of aromatic nitrogens is 1. The maximum atomic E-state index is 12.0. The van der Waals surface area contributed by atoms with E-state index in [4.69, 9.17) is 5.73 Å². The highest BCUT2D eigenvalue weighted by molar-refractivity contribution is 6.01. The average Bonchev–Trinajstić information content (AvgIpc) is 2.95. The van der Waals surface area contributed by atoms with Crippen LogP contribution in [0.4, 0.5) is 0 Å². The number of carbonyl (C=O) groups excluding carboxylic acids is 1. The molecule has 0 bridgehead atoms. The number of benzene rings is 2. The summed E-state index contributed by atoms with van der Waals surface area (Å²) in [6, 6.07) is 12.4. The quantitative estimate of drug-likeness (QED) is 0.595. The molecule has 0 fully saturated rings. The van der Waals surface area contributed by atoms with Gasteiger partial charge >= 0.3 is 0 Å². The van der Waals surface area contributed by atoms with Crippen molar-refractivity contribution in [2.75, 3.05) is 0 Å². The van der Waals surface area contributed by atoms with Gasteiger partial charge in [-0.15, -0.1) is 0 Å². The number of primary amides is 1. The van der Waals surface area contributed by atoms with Gasteiger partial charge in [-0.25, -0.2) is 0 Å². The number of aryl methyl sites for hydroxylation is 2. The molecule has 1 heterocycles. The van der Waals surface area contributed by atoms with Crippen molar-refractivity contribution < 1.29 is 4.79 Å². The molecule has 0 saturated carbocycles. The summed E-state index contributed by atoms with van der Waals surface area (Å²) in [4.78, 5) is 16.4. The number of fused-ring (bicyclic) bond motifs is 3. The van der Waals surface area contributed by atoms with Crippen LogP contribution in [0.1, 0.15) is 38.3 Å². The van der Waals surface area contributed by atoms with E-state index in [1.54, 1.807) is 0 Å². The number of hydrogen-bond donors (Lipinski definition) is 1. The van der Waals surface area contributed by atoms with Crippen LogP contribution in [0.3, 0.4) is 0 Å². The molecule has 0 atom stereocenters. The molecule has 2 aromatic carbocycles. The Morgan fingerprint density at radius 2 is 1.84 bits per heavy atom. The summed E-state index contributed by atoms with van der Waals surface area (Å²) < 4.78 is 0. The highest BCUT2D eigenvalue weighted by atomic mass is 16.1. The number of nitrogens with two attached hydrogens (primary N) is 1. The van der Waals surface area contributed by atoms with E-state index in [1.807, 2.05) is 25.3 Å². The van der Waals surface area contributed by atoms with Crippen molar-refractivity contribution in [1.29, 1.82) is 0 Å². The van der Waals surface area contributed by atoms with Crippen LogP contribution in [0.25, 0.3) is 22.3 Å². The van der Waals surface area contributed by atoms with Crippen molar-refractivity contribution in [2.45, 2.75) is 27.2 Å². The molecule has 124 valence electrons. The molecule has 1 aliphatic carbocycles. The summed E-state index contributed by atoms with van der Waals surface area (Å²) >= 11 is 0. The third-order valence-electron chi connectivity index (χ3n) is 5.23. The second-order valence-electron chi connectivity index (χ2n) is 6.79. The summed E-state index contributed by atoms with van der Waals surface area (Å²) in [5, 5.41) is 0. The molecular formula is C22H20N2O. The number of pyridine rings is 1. The predicted molar refractivity (Wildman–Crippen MR) is 101 cm³/mol. The SMILES string of the molecule is Cc1cc2c(cn1)Cc1c(C(N)=O)ccc(-c3cccc(C)c3C)c1-2. The maximum Gasteiger partial charge on any atom is 0.249 e. The first kappa shape index (κ1) is 15.6. The van der Waals surface area contributed by atoms with Gasteiger partial charge in [0.2, 0.25) is 5.91 Å². The van der Waals surface area contributed by atoms with E-state index in [9.17, 15) is 4.79 Å². The third-order valence-corrected chi connectivity index (χ3v) is 5.23. The number of nitrogens with zero attached hydrogens (tertiary/aromatic N) is 1. The van der Waals surface area contributed by atoms with E-state index in [1.165, 1.54) is 22.3 Å². The average molecular weight is 328 g/mol. The van der Waals surface area contributed by atoms with Crippen molar-refractivity contribution >= 4 is 5.91 Å². The molecule has 3 nitrogen and oxygen atoms in total. The smallest absolute Gasteiger partial charge is 0.249 e. The first-order valence-electron chi connectivity index (χ1n) is 8.45. The van der Waals surface area contributed by atoms with Crippen LogP contribution in [0.15, 0.2) is 42.6 Å². The molecule has 1 amide bonds. The first-order chi connectivity index (χ1) is 12.0. The van der Waals surface area contributed by atoms with Crippen molar-refractivity contribution in [3.05, 3.63) is 76.1 Å². The van der Waals surface area contributed by atoms with Gasteiger partial charge < -0.3 is 5.73 Å². The van der Waals surface area contributed by atoms with E-state index >= 15 is 0 Å². The van der Waals surface area contributed by atoms with Gasteiger partial charge in [0.1, 0.15) is 0 Å². The second kappa shape index (κ2) is 5.55. The fourth-order valence-electron chi connectivity index (χ4n) is 3.79. The molecule has 0 saturated heterocycles. The first-order valence-corrected chi connectivity index (χ1v) is 8.45. The lowest BCUT2D eigenvalue weighted by molar-refractivity contribution is 0.0999. The number of rotatable bonds is 2. The Morgan fingerprint density at radius 3 is 2.60 bits per heavy atom. The molecule has 0 aliphatic heterocycles. The summed E-state index contributed by atoms with van der Waals surface area (Å²) in [6.45, 7) is 6.26. The minimum Gasteiger partial charge on any atom is -0.366 e. The van der Waals surface area contributed by atoms with E-state index < -0.39 is 0 Å². The lowest BCUT2D eigenvalue weighted by Crippen LogP contribution is -2.13. The summed E-state index contributed by atoms with van der Waals surface area (Å²) in [5.41, 5.74) is 16.6. The molecule has 25 heavy (non-hydrogen) atoms. The van der Waals surface area contributed by atoms with E-state index in [0.29, 0.717) is 12.0 Å². The summed E-state index contributed by atoms with van der Waals surface area (Å²) in [5.74, 6) is -0.374. The Balaban J connectivity index is 2.08. The normalized spacial score (nSPS) is 12.0. The Kier molecular flexibility index (Phi) is 3.46. The van der Waals surface area contributed by atoms with Gasteiger partial charge in [0, 0.05) is 23.9 Å². The largest absolute Gasteiger partial charge is 0.366 e. The van der Waals surface area contributed by atoms with Crippen LogP contribution in [-0.2, 0) is 6.42 Å². The lowest BCUT2D eigenvalue weighted by Gasteiger charge is -2.16. The predicted octanol–water partition coefficient (Wildman–Crippen LogP) is 4.34. The van der Waals surface area contributed by atoms with Crippen molar-refractivity contribution in [1.82, 2.24) is 4.98 Å². The Hall–Kier alpha value is -2.94. The zero-order chi connectivity index (χ0) is 17.7. The van der Waals surface area contributed by atoms with Crippen LogP contribution >= 0.6 is 0 Å². The zero-order valence-corrected chi connectivity index (χ0v) is 14.7.